The molecule has 0 saturated carbocycles. The van der Waals surface area contributed by atoms with Crippen LogP contribution in [0.3, 0.4) is 0 Å². The third-order valence-electron chi connectivity index (χ3n) is 3.61. The zero-order valence-corrected chi connectivity index (χ0v) is 16.6. The lowest BCUT2D eigenvalue weighted by atomic mass is 10.2. The number of fused-ring (bicyclic) bond motifs is 2. The molecule has 0 aliphatic heterocycles. The van der Waals surface area contributed by atoms with Gasteiger partial charge in [0.05, 0.1) is 10.2 Å². The van der Waals surface area contributed by atoms with Crippen molar-refractivity contribution in [3.63, 3.8) is 0 Å². The van der Waals surface area contributed by atoms with Crippen LogP contribution in [0.15, 0.2) is 57.8 Å². The van der Waals surface area contributed by atoms with Crippen molar-refractivity contribution in [1.82, 2.24) is 4.98 Å². The molecular weight excluding hydrogens is 410 g/mol. The van der Waals surface area contributed by atoms with Crippen molar-refractivity contribution in [2.45, 2.75) is 9.24 Å². The van der Waals surface area contributed by atoms with Gasteiger partial charge in [0.15, 0.2) is 4.34 Å². The van der Waals surface area contributed by atoms with Crippen LogP contribution in [-0.2, 0) is 14.3 Å². The number of benzene rings is 2. The van der Waals surface area contributed by atoms with Gasteiger partial charge in [0, 0.05) is 4.70 Å². The summed E-state index contributed by atoms with van der Waals surface area (Å²) in [5, 5.41) is 0.871. The summed E-state index contributed by atoms with van der Waals surface area (Å²) in [6.07, 6.45) is 1.90. The number of thiophene rings is 1. The van der Waals surface area contributed by atoms with Crippen LogP contribution >= 0.6 is 34.4 Å². The van der Waals surface area contributed by atoms with E-state index < -0.39 is 16.1 Å². The smallest absolute Gasteiger partial charge is 0.337 e. The third-order valence-corrected chi connectivity index (χ3v) is 7.93. The van der Waals surface area contributed by atoms with E-state index >= 15 is 0 Å². The van der Waals surface area contributed by atoms with Crippen LogP contribution in [0, 0.1) is 0 Å². The van der Waals surface area contributed by atoms with Crippen molar-refractivity contribution in [1.29, 1.82) is 0 Å². The highest BCUT2D eigenvalue weighted by Crippen LogP contribution is 2.31. The fraction of sp³-hybridized carbons (Fsp3) is 0.0588. The van der Waals surface area contributed by atoms with Gasteiger partial charge in [0.2, 0.25) is 0 Å². The van der Waals surface area contributed by atoms with Crippen LogP contribution in [-0.4, -0.2) is 25.6 Å². The summed E-state index contributed by atoms with van der Waals surface area (Å²) in [4.78, 5) is 16.8. The van der Waals surface area contributed by atoms with E-state index in [1.54, 1.807) is 12.1 Å². The molecule has 0 saturated heterocycles. The molecule has 2 aromatic heterocycles. The zero-order valence-electron chi connectivity index (χ0n) is 13.3. The van der Waals surface area contributed by atoms with Crippen LogP contribution < -0.4 is 0 Å². The molecule has 0 bridgehead atoms. The van der Waals surface area contributed by atoms with E-state index in [0.29, 0.717) is 5.52 Å². The quantitative estimate of drug-likeness (QED) is 0.349. The number of thioether (sulfide) groups is 1. The average Bonchev–Trinajstić information content (AvgIpc) is 3.24. The SMILES string of the molecule is CSc1nc2cc(S(=O)(=O)OC(=O)c3cc4ccccc4s3)ccc2s1. The Balaban J connectivity index is 1.64. The number of hydrogen-bond donors (Lipinski definition) is 0. The maximum Gasteiger partial charge on any atom is 0.364 e. The predicted molar refractivity (Wildman–Crippen MR) is 106 cm³/mol. The van der Waals surface area contributed by atoms with Gasteiger partial charge in [0.25, 0.3) is 0 Å². The molecule has 0 radical (unpaired) electrons. The average molecular weight is 422 g/mol. The molecule has 0 aliphatic carbocycles. The molecule has 0 fully saturated rings. The van der Waals surface area contributed by atoms with Gasteiger partial charge in [-0.2, -0.15) is 8.42 Å². The number of hydrogen-bond acceptors (Lipinski definition) is 8. The minimum Gasteiger partial charge on any atom is -0.337 e. The molecule has 2 aromatic carbocycles. The highest BCUT2D eigenvalue weighted by molar-refractivity contribution is 8.00. The summed E-state index contributed by atoms with van der Waals surface area (Å²) >= 11 is 4.17. The highest BCUT2D eigenvalue weighted by Gasteiger charge is 2.23. The Bertz CT molecular complexity index is 1210. The van der Waals surface area contributed by atoms with Crippen LogP contribution in [0.2, 0.25) is 0 Å². The lowest BCUT2D eigenvalue weighted by Gasteiger charge is -2.04. The van der Waals surface area contributed by atoms with E-state index in [-0.39, 0.29) is 9.77 Å². The van der Waals surface area contributed by atoms with Crippen LogP contribution in [0.5, 0.6) is 0 Å². The van der Waals surface area contributed by atoms with Crippen LogP contribution in [0.1, 0.15) is 9.67 Å². The number of thiazole rings is 1. The molecule has 132 valence electrons. The Hall–Kier alpha value is -1.94. The first-order valence-electron chi connectivity index (χ1n) is 7.38. The topological polar surface area (TPSA) is 73.3 Å². The Kier molecular flexibility index (Phi) is 4.47. The van der Waals surface area contributed by atoms with E-state index in [4.69, 9.17) is 4.18 Å². The lowest BCUT2D eigenvalue weighted by molar-refractivity contribution is 0.0752. The normalized spacial score (nSPS) is 11.9. The molecule has 0 spiro atoms. The molecule has 5 nitrogen and oxygen atoms in total. The minimum absolute atomic E-state index is 0.0857. The van der Waals surface area contributed by atoms with E-state index in [9.17, 15) is 13.2 Å². The van der Waals surface area contributed by atoms with Gasteiger partial charge in [-0.25, -0.2) is 9.78 Å². The van der Waals surface area contributed by atoms with Gasteiger partial charge in [-0.15, -0.1) is 22.7 Å². The van der Waals surface area contributed by atoms with Crippen LogP contribution in [0.25, 0.3) is 20.3 Å². The Morgan fingerprint density at radius 2 is 1.88 bits per heavy atom. The summed E-state index contributed by atoms with van der Waals surface area (Å²) < 4.78 is 32.4. The molecule has 4 aromatic rings. The number of rotatable bonds is 4. The molecule has 9 heteroatoms. The second kappa shape index (κ2) is 6.66. The highest BCUT2D eigenvalue weighted by atomic mass is 32.2. The maximum absolute atomic E-state index is 12.5. The van der Waals surface area contributed by atoms with Gasteiger partial charge in [-0.3, -0.25) is 0 Å². The van der Waals surface area contributed by atoms with Crippen molar-refractivity contribution >= 4 is 70.8 Å². The molecule has 4 rings (SSSR count). The third kappa shape index (κ3) is 3.23. The van der Waals surface area contributed by atoms with E-state index in [2.05, 4.69) is 4.98 Å². The van der Waals surface area contributed by atoms with Gasteiger partial charge in [-0.1, -0.05) is 30.0 Å². The zero-order chi connectivity index (χ0) is 18.3. The lowest BCUT2D eigenvalue weighted by Crippen LogP contribution is -2.12. The minimum atomic E-state index is -4.22. The molecule has 0 unspecified atom stereocenters. The number of carbonyl (C=O) groups excluding carboxylic acids is 1. The molecule has 0 atom stereocenters. The van der Waals surface area contributed by atoms with Crippen molar-refractivity contribution in [3.05, 3.63) is 53.4 Å². The number of nitrogens with zero attached hydrogens (tertiary/aromatic N) is 1. The maximum atomic E-state index is 12.5. The van der Waals surface area contributed by atoms with E-state index in [1.807, 2.05) is 30.5 Å². The first kappa shape index (κ1) is 17.5. The van der Waals surface area contributed by atoms with E-state index in [0.717, 1.165) is 19.1 Å². The number of carbonyl (C=O) groups is 1. The van der Waals surface area contributed by atoms with Crippen molar-refractivity contribution in [2.24, 2.45) is 0 Å². The molecule has 0 amide bonds. The Morgan fingerprint density at radius 1 is 1.08 bits per heavy atom. The molecule has 0 aliphatic rings. The summed E-state index contributed by atoms with van der Waals surface area (Å²) in [5.41, 5.74) is 0.568. The first-order chi connectivity index (χ1) is 12.5. The predicted octanol–water partition coefficient (Wildman–Crippen LogP) is 4.78. The van der Waals surface area contributed by atoms with Gasteiger partial charge >= 0.3 is 16.1 Å². The first-order valence-corrected chi connectivity index (χ1v) is 11.6. The monoisotopic (exact) mass is 421 g/mol. The molecule has 2 heterocycles. The molecule has 26 heavy (non-hydrogen) atoms. The van der Waals surface area contributed by atoms with E-state index in [1.165, 1.54) is 46.6 Å². The molecule has 0 N–H and O–H groups in total. The Labute approximate surface area is 161 Å². The second-order valence-electron chi connectivity index (χ2n) is 5.29. The fourth-order valence-corrected chi connectivity index (χ4v) is 5.74. The summed E-state index contributed by atoms with van der Waals surface area (Å²) in [5.74, 6) is -0.880. The van der Waals surface area contributed by atoms with Gasteiger partial charge in [0.1, 0.15) is 9.77 Å². The summed E-state index contributed by atoms with van der Waals surface area (Å²) in [7, 11) is -4.22. The standard InChI is InChI=1S/C17H11NO4S4/c1-23-17-18-12-9-11(6-7-14(12)25-17)26(20,21)22-16(19)15-8-10-4-2-3-5-13(10)24-15/h2-9H,1H3. The second-order valence-corrected chi connectivity index (χ2v) is 10.0. The molecular formula is C17H11NO4S4. The Morgan fingerprint density at radius 3 is 2.65 bits per heavy atom. The largest absolute Gasteiger partial charge is 0.364 e. The number of aromatic nitrogens is 1. The van der Waals surface area contributed by atoms with Crippen molar-refractivity contribution in [2.75, 3.05) is 6.26 Å². The van der Waals surface area contributed by atoms with Crippen molar-refractivity contribution in [3.8, 4) is 0 Å². The van der Waals surface area contributed by atoms with Crippen molar-refractivity contribution < 1.29 is 17.4 Å². The summed E-state index contributed by atoms with van der Waals surface area (Å²) in [6.45, 7) is 0. The van der Waals surface area contributed by atoms with Crippen LogP contribution in [0.4, 0.5) is 0 Å². The fourth-order valence-electron chi connectivity index (χ4n) is 2.40. The summed E-state index contributed by atoms with van der Waals surface area (Å²) in [6, 6.07) is 13.6. The van der Waals surface area contributed by atoms with Gasteiger partial charge in [-0.05, 0) is 42.0 Å². The van der Waals surface area contributed by atoms with Gasteiger partial charge < -0.3 is 4.18 Å².